The fourth-order valence-electron chi connectivity index (χ4n) is 8.44. The van der Waals surface area contributed by atoms with Crippen molar-refractivity contribution in [2.24, 2.45) is 0 Å². The largest absolute Gasteiger partial charge is 0.497 e. The quantitative estimate of drug-likeness (QED) is 0.0399. The lowest BCUT2D eigenvalue weighted by molar-refractivity contribution is -0.154. The van der Waals surface area contributed by atoms with Crippen LogP contribution in [-0.4, -0.2) is 105 Å². The summed E-state index contributed by atoms with van der Waals surface area (Å²) in [4.78, 5) is 47.4. The number of esters is 1. The van der Waals surface area contributed by atoms with Crippen LogP contribution in [0.5, 0.6) is 5.75 Å². The van der Waals surface area contributed by atoms with E-state index < -0.39 is 6.04 Å². The number of benzene rings is 1. The van der Waals surface area contributed by atoms with Gasteiger partial charge in [0.05, 0.1) is 7.11 Å². The fraction of sp³-hybridized carbons (Fsp3) is 0.792. The molecule has 1 fully saturated rings. The molecule has 0 bridgehead atoms. The number of rotatable bonds is 40. The summed E-state index contributed by atoms with van der Waals surface area (Å²) in [5, 5.41) is 3.17. The summed E-state index contributed by atoms with van der Waals surface area (Å²) in [5.41, 5.74) is 1.11. The molecular weight excluding hydrogens is 773 g/mol. The summed E-state index contributed by atoms with van der Waals surface area (Å²) in [5.74, 6) is 0.0792. The van der Waals surface area contributed by atoms with Gasteiger partial charge in [-0.1, -0.05) is 173 Å². The van der Waals surface area contributed by atoms with Gasteiger partial charge in [0.15, 0.2) is 6.61 Å². The molecular formula is C53H94N4O5. The van der Waals surface area contributed by atoms with Crippen molar-refractivity contribution in [3.05, 3.63) is 42.0 Å². The molecule has 1 atom stereocenters. The summed E-state index contributed by atoms with van der Waals surface area (Å²) in [6, 6.07) is 7.30. The van der Waals surface area contributed by atoms with Crippen LogP contribution >= 0.6 is 0 Å². The van der Waals surface area contributed by atoms with Crippen LogP contribution in [0.4, 0.5) is 0 Å². The van der Waals surface area contributed by atoms with Crippen LogP contribution in [0, 0.1) is 0 Å². The zero-order valence-electron chi connectivity index (χ0n) is 40.6. The molecule has 9 nitrogen and oxygen atoms in total. The van der Waals surface area contributed by atoms with Crippen LogP contribution in [0.3, 0.4) is 0 Å². The van der Waals surface area contributed by atoms with Crippen LogP contribution in [-0.2, 0) is 25.5 Å². The molecule has 356 valence electrons. The van der Waals surface area contributed by atoms with Crippen LogP contribution in [0.15, 0.2) is 36.4 Å². The number of carbonyl (C=O) groups is 3. The average molecular weight is 867 g/mol. The highest BCUT2D eigenvalue weighted by Gasteiger charge is 2.30. The topological polar surface area (TPSA) is 91.4 Å². The summed E-state index contributed by atoms with van der Waals surface area (Å²) >= 11 is 0. The first kappa shape index (κ1) is 55.2. The minimum Gasteiger partial charge on any atom is -0.497 e. The molecule has 2 amide bonds. The lowest BCUT2D eigenvalue weighted by atomic mass is 10.0. The van der Waals surface area contributed by atoms with E-state index in [0.717, 1.165) is 82.4 Å². The molecule has 1 saturated heterocycles. The van der Waals surface area contributed by atoms with E-state index in [1.807, 2.05) is 24.3 Å². The van der Waals surface area contributed by atoms with Crippen molar-refractivity contribution in [1.82, 2.24) is 20.0 Å². The number of nitrogens with zero attached hydrogens (tertiary/aromatic N) is 3. The zero-order chi connectivity index (χ0) is 44.7. The second-order valence-electron chi connectivity index (χ2n) is 18.2. The van der Waals surface area contributed by atoms with Crippen molar-refractivity contribution in [3.8, 4) is 5.75 Å². The molecule has 0 spiro atoms. The third-order valence-corrected chi connectivity index (χ3v) is 12.7. The minimum atomic E-state index is -0.615. The fourth-order valence-corrected chi connectivity index (χ4v) is 8.44. The molecule has 1 aliphatic rings. The normalized spacial score (nSPS) is 14.0. The van der Waals surface area contributed by atoms with E-state index in [1.165, 1.54) is 122 Å². The van der Waals surface area contributed by atoms with Gasteiger partial charge in [0.1, 0.15) is 11.8 Å². The maximum absolute atomic E-state index is 14.1. The number of ether oxygens (including phenoxy) is 2. The predicted molar refractivity (Wildman–Crippen MR) is 260 cm³/mol. The summed E-state index contributed by atoms with van der Waals surface area (Å²) in [7, 11) is 3.80. The smallest absolute Gasteiger partial charge is 0.306 e. The first-order chi connectivity index (χ1) is 30.4. The molecule has 1 N–H and O–H groups in total. The Kier molecular flexibility index (Phi) is 34.3. The van der Waals surface area contributed by atoms with Crippen molar-refractivity contribution in [1.29, 1.82) is 0 Å². The van der Waals surface area contributed by atoms with Crippen molar-refractivity contribution >= 4 is 17.8 Å². The number of hydrogen-bond acceptors (Lipinski definition) is 7. The molecule has 0 saturated carbocycles. The number of hydrogen-bond donors (Lipinski definition) is 1. The Morgan fingerprint density at radius 1 is 0.677 bits per heavy atom. The molecule has 0 aliphatic carbocycles. The van der Waals surface area contributed by atoms with Gasteiger partial charge in [0.25, 0.3) is 5.91 Å². The van der Waals surface area contributed by atoms with E-state index in [-0.39, 0.29) is 24.4 Å². The van der Waals surface area contributed by atoms with Crippen molar-refractivity contribution in [2.45, 2.75) is 206 Å². The molecule has 2 rings (SSSR count). The summed E-state index contributed by atoms with van der Waals surface area (Å²) in [6.07, 6.45) is 38.2. The van der Waals surface area contributed by atoms with Crippen LogP contribution in [0.25, 0.3) is 0 Å². The Morgan fingerprint density at radius 3 is 1.71 bits per heavy atom. The lowest BCUT2D eigenvalue weighted by Gasteiger charge is -2.36. The van der Waals surface area contributed by atoms with E-state index in [1.54, 1.807) is 12.0 Å². The Morgan fingerprint density at radius 2 is 1.18 bits per heavy atom. The molecule has 0 radical (unpaired) electrons. The van der Waals surface area contributed by atoms with Crippen LogP contribution in [0.2, 0.25) is 0 Å². The molecule has 1 unspecified atom stereocenters. The number of likely N-dealkylation sites (N-methyl/N-ethyl adjacent to an activating group) is 1. The SMILES string of the molecule is CCCCCCCC/C=C\CCCCCCCC(C(=O)NCCc1ccc(OC)cc1)N(CCN1CCN(C)CC1)C(=O)COC(=O)CCCCCCCCCCCCCCC. The Bertz CT molecular complexity index is 1260. The van der Waals surface area contributed by atoms with Crippen LogP contribution < -0.4 is 10.1 Å². The molecule has 1 aliphatic heterocycles. The molecule has 62 heavy (non-hydrogen) atoms. The third-order valence-electron chi connectivity index (χ3n) is 12.7. The second kappa shape index (κ2) is 38.5. The Labute approximate surface area is 380 Å². The molecule has 9 heteroatoms. The number of allylic oxidation sites excluding steroid dienone is 2. The molecule has 1 aromatic rings. The van der Waals surface area contributed by atoms with Crippen molar-refractivity contribution in [3.63, 3.8) is 0 Å². The van der Waals surface area contributed by atoms with Gasteiger partial charge in [-0.15, -0.1) is 0 Å². The van der Waals surface area contributed by atoms with Gasteiger partial charge in [-0.05, 0) is 69.7 Å². The number of unbranched alkanes of at least 4 members (excludes halogenated alkanes) is 23. The monoisotopic (exact) mass is 867 g/mol. The number of nitrogens with one attached hydrogen (secondary N) is 1. The van der Waals surface area contributed by atoms with Crippen LogP contribution in [0.1, 0.15) is 199 Å². The lowest BCUT2D eigenvalue weighted by Crippen LogP contribution is -2.54. The Hall–Kier alpha value is -2.91. The van der Waals surface area contributed by atoms with Gasteiger partial charge in [-0.25, -0.2) is 0 Å². The van der Waals surface area contributed by atoms with Gasteiger partial charge in [-0.3, -0.25) is 19.3 Å². The molecule has 1 aromatic carbocycles. The maximum atomic E-state index is 14.1. The average Bonchev–Trinajstić information content (AvgIpc) is 3.28. The number of piperazine rings is 1. The maximum Gasteiger partial charge on any atom is 0.306 e. The van der Waals surface area contributed by atoms with Gasteiger partial charge < -0.3 is 24.6 Å². The van der Waals surface area contributed by atoms with E-state index >= 15 is 0 Å². The zero-order valence-corrected chi connectivity index (χ0v) is 40.6. The van der Waals surface area contributed by atoms with E-state index in [9.17, 15) is 14.4 Å². The highest BCUT2D eigenvalue weighted by Crippen LogP contribution is 2.17. The van der Waals surface area contributed by atoms with E-state index in [4.69, 9.17) is 9.47 Å². The first-order valence-electron chi connectivity index (χ1n) is 25.8. The number of methoxy groups -OCH3 is 1. The number of carbonyl (C=O) groups excluding carboxylic acids is 3. The molecule has 1 heterocycles. The predicted octanol–water partition coefficient (Wildman–Crippen LogP) is 11.9. The van der Waals surface area contributed by atoms with Crippen molar-refractivity contribution in [2.75, 3.05) is 66.6 Å². The summed E-state index contributed by atoms with van der Waals surface area (Å²) in [6.45, 7) is 9.63. The van der Waals surface area contributed by atoms with Gasteiger partial charge in [-0.2, -0.15) is 0 Å². The second-order valence-corrected chi connectivity index (χ2v) is 18.2. The standard InChI is InChI=1S/C53H94N4O5/c1-5-7-9-11-13-15-17-19-20-22-23-25-27-29-31-33-50(53(60)54-40-39-48-35-37-49(61-4)38-36-48)57(46-45-56-43-41-55(3)42-44-56)51(58)47-62-52(59)34-32-30-28-26-24-21-18-16-14-12-10-8-6-2/h19-20,35-38,50H,5-18,21-34,39-47H2,1-4H3,(H,54,60)/b20-19-. The number of amides is 2. The first-order valence-corrected chi connectivity index (χ1v) is 25.8. The molecule has 0 aromatic heterocycles. The van der Waals surface area contributed by atoms with Gasteiger partial charge in [0.2, 0.25) is 5.91 Å². The Balaban J connectivity index is 1.91. The highest BCUT2D eigenvalue weighted by atomic mass is 16.5. The van der Waals surface area contributed by atoms with Gasteiger partial charge in [0, 0.05) is 52.2 Å². The summed E-state index contributed by atoms with van der Waals surface area (Å²) < 4.78 is 10.9. The highest BCUT2D eigenvalue weighted by molar-refractivity contribution is 5.89. The minimum absolute atomic E-state index is 0.126. The van der Waals surface area contributed by atoms with Gasteiger partial charge >= 0.3 is 5.97 Å². The third kappa shape index (κ3) is 28.7. The van der Waals surface area contributed by atoms with E-state index in [0.29, 0.717) is 38.9 Å². The van der Waals surface area contributed by atoms with Crippen molar-refractivity contribution < 1.29 is 23.9 Å². The van der Waals surface area contributed by atoms with E-state index in [2.05, 4.69) is 48.2 Å².